The quantitative estimate of drug-likeness (QED) is 0.715. The molecule has 0 radical (unpaired) electrons. The third-order valence-corrected chi connectivity index (χ3v) is 3.89. The summed E-state index contributed by atoms with van der Waals surface area (Å²) in [7, 11) is 0. The Bertz CT molecular complexity index is 605. The number of amides is 1. The number of aryl methyl sites for hydroxylation is 1. The number of aromatic nitrogens is 1. The summed E-state index contributed by atoms with van der Waals surface area (Å²) in [6.07, 6.45) is 4.16. The Morgan fingerprint density at radius 2 is 2.16 bits per heavy atom. The van der Waals surface area contributed by atoms with Crippen LogP contribution in [0.15, 0.2) is 10.7 Å². The predicted octanol–water partition coefficient (Wildman–Crippen LogP) is 1.37. The minimum absolute atomic E-state index is 0.108. The van der Waals surface area contributed by atoms with Crippen LogP contribution in [0.2, 0.25) is 0 Å². The molecule has 1 aromatic rings. The minimum Gasteiger partial charge on any atom is -0.359 e. The van der Waals surface area contributed by atoms with Crippen LogP contribution in [0.1, 0.15) is 35.4 Å². The second-order valence-corrected chi connectivity index (χ2v) is 5.24. The maximum absolute atomic E-state index is 11.9. The van der Waals surface area contributed by atoms with Crippen LogP contribution in [0.25, 0.3) is 6.08 Å². The number of hydrogen-bond acceptors (Lipinski definition) is 3. The van der Waals surface area contributed by atoms with Crippen LogP contribution >= 0.6 is 0 Å². The van der Waals surface area contributed by atoms with Gasteiger partial charge >= 0.3 is 0 Å². The lowest BCUT2D eigenvalue weighted by atomic mass is 10.0. The van der Waals surface area contributed by atoms with E-state index in [1.165, 1.54) is 0 Å². The van der Waals surface area contributed by atoms with E-state index in [9.17, 15) is 4.79 Å². The van der Waals surface area contributed by atoms with Crippen molar-refractivity contribution in [2.24, 2.45) is 16.8 Å². The summed E-state index contributed by atoms with van der Waals surface area (Å²) in [5.41, 5.74) is 14.2. The zero-order chi connectivity index (χ0) is 13.6. The molecule has 19 heavy (non-hydrogen) atoms. The molecule has 0 atom stereocenters. The normalized spacial score (nSPS) is 20.9. The van der Waals surface area contributed by atoms with Gasteiger partial charge in [0.15, 0.2) is 0 Å². The Hall–Kier alpha value is -1.88. The van der Waals surface area contributed by atoms with E-state index in [1.54, 1.807) is 0 Å². The predicted molar refractivity (Wildman–Crippen MR) is 74.4 cm³/mol. The molecule has 1 aliphatic carbocycles. The molecular weight excluding hydrogens is 240 g/mol. The van der Waals surface area contributed by atoms with Gasteiger partial charge in [-0.25, -0.2) is 5.43 Å². The molecule has 2 aliphatic rings. The highest BCUT2D eigenvalue weighted by Crippen LogP contribution is 2.35. The molecule has 1 saturated carbocycles. The van der Waals surface area contributed by atoms with Gasteiger partial charge in [-0.1, -0.05) is 0 Å². The third kappa shape index (κ3) is 2.00. The SMILES string of the molecule is Cc1[nH]c(C=C2C(=O)NN=C2C2CC2)c(C)c1CN. The summed E-state index contributed by atoms with van der Waals surface area (Å²) >= 11 is 0. The van der Waals surface area contributed by atoms with Crippen molar-refractivity contribution in [3.63, 3.8) is 0 Å². The summed E-state index contributed by atoms with van der Waals surface area (Å²) < 4.78 is 0. The summed E-state index contributed by atoms with van der Waals surface area (Å²) in [5.74, 6) is 0.346. The highest BCUT2D eigenvalue weighted by atomic mass is 16.2. The van der Waals surface area contributed by atoms with Crippen molar-refractivity contribution in [3.05, 3.63) is 28.1 Å². The first-order valence-corrected chi connectivity index (χ1v) is 6.60. The third-order valence-electron chi connectivity index (χ3n) is 3.89. The second-order valence-electron chi connectivity index (χ2n) is 5.24. The molecule has 4 N–H and O–H groups in total. The van der Waals surface area contributed by atoms with Crippen molar-refractivity contribution in [2.45, 2.75) is 33.2 Å². The fourth-order valence-electron chi connectivity index (χ4n) is 2.57. The van der Waals surface area contributed by atoms with Crippen LogP contribution < -0.4 is 11.2 Å². The Morgan fingerprint density at radius 1 is 1.42 bits per heavy atom. The lowest BCUT2D eigenvalue weighted by molar-refractivity contribution is -0.116. The molecule has 0 saturated heterocycles. The van der Waals surface area contributed by atoms with Gasteiger partial charge in [0.05, 0.1) is 11.3 Å². The largest absolute Gasteiger partial charge is 0.359 e. The molecule has 1 amide bonds. The molecule has 3 rings (SSSR count). The van der Waals surface area contributed by atoms with Gasteiger partial charge in [0.1, 0.15) is 0 Å². The van der Waals surface area contributed by atoms with Crippen LogP contribution in [0.5, 0.6) is 0 Å². The van der Waals surface area contributed by atoms with E-state index in [0.29, 0.717) is 18.0 Å². The number of hydrogen-bond donors (Lipinski definition) is 3. The first kappa shape index (κ1) is 12.2. The Kier molecular flexibility index (Phi) is 2.78. The molecule has 0 unspecified atom stereocenters. The molecule has 5 heteroatoms. The first-order valence-electron chi connectivity index (χ1n) is 6.60. The highest BCUT2D eigenvalue weighted by molar-refractivity contribution is 6.28. The lowest BCUT2D eigenvalue weighted by Crippen LogP contribution is -2.13. The molecule has 0 bridgehead atoms. The summed E-state index contributed by atoms with van der Waals surface area (Å²) in [5, 5.41) is 4.15. The minimum atomic E-state index is -0.108. The van der Waals surface area contributed by atoms with Crippen molar-refractivity contribution in [1.29, 1.82) is 0 Å². The molecule has 1 aliphatic heterocycles. The monoisotopic (exact) mass is 258 g/mol. The Labute approximate surface area is 112 Å². The van der Waals surface area contributed by atoms with Crippen LogP contribution in [0.4, 0.5) is 0 Å². The van der Waals surface area contributed by atoms with E-state index in [0.717, 1.165) is 41.1 Å². The molecule has 5 nitrogen and oxygen atoms in total. The fourth-order valence-corrected chi connectivity index (χ4v) is 2.57. The molecule has 0 spiro atoms. The van der Waals surface area contributed by atoms with Crippen molar-refractivity contribution < 1.29 is 4.79 Å². The number of carbonyl (C=O) groups excluding carboxylic acids is 1. The smallest absolute Gasteiger partial charge is 0.273 e. The van der Waals surface area contributed by atoms with Crippen LogP contribution in [0, 0.1) is 19.8 Å². The van der Waals surface area contributed by atoms with Crippen LogP contribution in [0.3, 0.4) is 0 Å². The summed E-state index contributed by atoms with van der Waals surface area (Å²) in [6, 6.07) is 0. The first-order chi connectivity index (χ1) is 9.11. The number of rotatable bonds is 3. The zero-order valence-electron chi connectivity index (χ0n) is 11.2. The zero-order valence-corrected chi connectivity index (χ0v) is 11.2. The van der Waals surface area contributed by atoms with E-state index in [4.69, 9.17) is 5.73 Å². The number of nitrogens with one attached hydrogen (secondary N) is 2. The fraction of sp³-hybridized carbons (Fsp3) is 0.429. The van der Waals surface area contributed by atoms with E-state index in [1.807, 2.05) is 19.9 Å². The van der Waals surface area contributed by atoms with E-state index in [-0.39, 0.29) is 5.91 Å². The van der Waals surface area contributed by atoms with Crippen LogP contribution in [-0.4, -0.2) is 16.6 Å². The van der Waals surface area contributed by atoms with E-state index >= 15 is 0 Å². The number of carbonyl (C=O) groups is 1. The Morgan fingerprint density at radius 3 is 2.74 bits per heavy atom. The Balaban J connectivity index is 2.00. The van der Waals surface area contributed by atoms with Crippen molar-refractivity contribution in [3.8, 4) is 0 Å². The van der Waals surface area contributed by atoms with Crippen molar-refractivity contribution in [1.82, 2.24) is 10.4 Å². The van der Waals surface area contributed by atoms with Gasteiger partial charge in [-0.05, 0) is 43.9 Å². The number of aromatic amines is 1. The van der Waals surface area contributed by atoms with E-state index < -0.39 is 0 Å². The van der Waals surface area contributed by atoms with Gasteiger partial charge in [-0.3, -0.25) is 4.79 Å². The number of nitrogens with zero attached hydrogens (tertiary/aromatic N) is 1. The van der Waals surface area contributed by atoms with Gasteiger partial charge in [0.2, 0.25) is 0 Å². The molecule has 2 heterocycles. The van der Waals surface area contributed by atoms with E-state index in [2.05, 4.69) is 15.5 Å². The van der Waals surface area contributed by atoms with Gasteiger partial charge < -0.3 is 10.7 Å². The van der Waals surface area contributed by atoms with Gasteiger partial charge in [-0.2, -0.15) is 5.10 Å². The lowest BCUT2D eigenvalue weighted by Gasteiger charge is -1.99. The maximum Gasteiger partial charge on any atom is 0.273 e. The van der Waals surface area contributed by atoms with Crippen LogP contribution in [-0.2, 0) is 11.3 Å². The number of nitrogens with two attached hydrogens (primary N) is 1. The number of H-pyrrole nitrogens is 1. The molecule has 1 fully saturated rings. The standard InChI is InChI=1S/C14H18N4O/c1-7-11(6-15)8(2)16-12(7)5-10-13(9-3-4-9)17-18-14(10)19/h5,9,16H,3-4,6,15H2,1-2H3,(H,18,19). The molecule has 0 aromatic carbocycles. The maximum atomic E-state index is 11.9. The van der Waals surface area contributed by atoms with Crippen molar-refractivity contribution in [2.75, 3.05) is 0 Å². The topological polar surface area (TPSA) is 83.3 Å². The van der Waals surface area contributed by atoms with Crippen molar-refractivity contribution >= 4 is 17.7 Å². The van der Waals surface area contributed by atoms with Gasteiger partial charge in [0, 0.05) is 23.9 Å². The van der Waals surface area contributed by atoms with Gasteiger partial charge in [-0.15, -0.1) is 0 Å². The van der Waals surface area contributed by atoms with Gasteiger partial charge in [0.25, 0.3) is 5.91 Å². The average Bonchev–Trinajstić information content (AvgIpc) is 3.10. The second kappa shape index (κ2) is 4.35. The highest BCUT2D eigenvalue weighted by Gasteiger charge is 2.35. The summed E-state index contributed by atoms with van der Waals surface area (Å²) in [4.78, 5) is 15.2. The summed E-state index contributed by atoms with van der Waals surface area (Å²) in [6.45, 7) is 4.54. The average molecular weight is 258 g/mol. The molecular formula is C14H18N4O. The number of hydrazone groups is 1. The molecule has 1 aromatic heterocycles. The molecule has 100 valence electrons.